The summed E-state index contributed by atoms with van der Waals surface area (Å²) >= 11 is 0. The minimum atomic E-state index is -0.143. The number of ether oxygens (including phenoxy) is 1. The molecule has 2 aromatic rings. The van der Waals surface area contributed by atoms with E-state index in [1.165, 1.54) is 6.92 Å². The lowest BCUT2D eigenvalue weighted by Crippen LogP contribution is -2.28. The molecule has 0 spiro atoms. The van der Waals surface area contributed by atoms with Gasteiger partial charge in [-0.15, -0.1) is 0 Å². The lowest BCUT2D eigenvalue weighted by molar-refractivity contribution is -0.121. The van der Waals surface area contributed by atoms with Crippen molar-refractivity contribution in [1.82, 2.24) is 5.32 Å². The van der Waals surface area contributed by atoms with Crippen LogP contribution in [-0.4, -0.2) is 18.8 Å². The Kier molecular flexibility index (Phi) is 5.52. The fraction of sp³-hybridized carbons (Fsp3) is 0.263. The van der Waals surface area contributed by atoms with Crippen LogP contribution in [0.1, 0.15) is 41.4 Å². The minimum Gasteiger partial charge on any atom is -0.496 e. The van der Waals surface area contributed by atoms with Crippen LogP contribution in [0, 0.1) is 0 Å². The third-order valence-corrected chi connectivity index (χ3v) is 3.71. The van der Waals surface area contributed by atoms with Crippen LogP contribution in [0.15, 0.2) is 48.5 Å². The number of amides is 1. The van der Waals surface area contributed by atoms with Crippen LogP contribution >= 0.6 is 0 Å². The van der Waals surface area contributed by atoms with E-state index < -0.39 is 0 Å². The minimum absolute atomic E-state index is 0.0193. The van der Waals surface area contributed by atoms with E-state index in [1.807, 2.05) is 43.3 Å². The van der Waals surface area contributed by atoms with E-state index >= 15 is 0 Å². The van der Waals surface area contributed by atoms with E-state index in [4.69, 9.17) is 4.74 Å². The molecule has 0 aliphatic heterocycles. The summed E-state index contributed by atoms with van der Waals surface area (Å²) in [6.45, 7) is 3.45. The molecule has 120 valence electrons. The monoisotopic (exact) mass is 311 g/mol. The van der Waals surface area contributed by atoms with E-state index in [-0.39, 0.29) is 24.2 Å². The second kappa shape index (κ2) is 7.58. The van der Waals surface area contributed by atoms with Crippen molar-refractivity contribution in [3.05, 3.63) is 65.2 Å². The molecular weight excluding hydrogens is 290 g/mol. The molecule has 4 nitrogen and oxygen atoms in total. The van der Waals surface area contributed by atoms with Gasteiger partial charge in [-0.25, -0.2) is 0 Å². The third kappa shape index (κ3) is 4.42. The van der Waals surface area contributed by atoms with Crippen molar-refractivity contribution < 1.29 is 14.3 Å². The second-order valence-corrected chi connectivity index (χ2v) is 5.46. The first-order valence-electron chi connectivity index (χ1n) is 7.53. The zero-order valence-corrected chi connectivity index (χ0v) is 13.6. The lowest BCUT2D eigenvalue weighted by atomic mass is 10.0. The quantitative estimate of drug-likeness (QED) is 0.833. The van der Waals surface area contributed by atoms with E-state index in [9.17, 15) is 9.59 Å². The van der Waals surface area contributed by atoms with Gasteiger partial charge in [0.25, 0.3) is 0 Å². The SMILES string of the molecule is COc1ccccc1C(C)NC(=O)Cc1ccc(C(C)=O)cc1. The van der Waals surface area contributed by atoms with Gasteiger partial charge in [-0.2, -0.15) is 0 Å². The van der Waals surface area contributed by atoms with Gasteiger partial charge in [-0.3, -0.25) is 9.59 Å². The molecule has 2 aromatic carbocycles. The number of hydrogen-bond donors (Lipinski definition) is 1. The van der Waals surface area contributed by atoms with Crippen LogP contribution in [0.4, 0.5) is 0 Å². The molecule has 0 bridgehead atoms. The van der Waals surface area contributed by atoms with Crippen molar-refractivity contribution in [2.24, 2.45) is 0 Å². The van der Waals surface area contributed by atoms with Gasteiger partial charge >= 0.3 is 0 Å². The Morgan fingerprint density at radius 3 is 2.35 bits per heavy atom. The molecule has 0 aliphatic rings. The Bertz CT molecular complexity index is 692. The maximum absolute atomic E-state index is 12.2. The third-order valence-electron chi connectivity index (χ3n) is 3.71. The largest absolute Gasteiger partial charge is 0.496 e. The van der Waals surface area contributed by atoms with Crippen molar-refractivity contribution in [2.75, 3.05) is 7.11 Å². The summed E-state index contributed by atoms with van der Waals surface area (Å²) in [5, 5.41) is 2.97. The van der Waals surface area contributed by atoms with Crippen LogP contribution in [-0.2, 0) is 11.2 Å². The predicted molar refractivity (Wildman–Crippen MR) is 89.7 cm³/mol. The number of hydrogen-bond acceptors (Lipinski definition) is 3. The van der Waals surface area contributed by atoms with E-state index in [2.05, 4.69) is 5.32 Å². The molecule has 23 heavy (non-hydrogen) atoms. The number of benzene rings is 2. The number of methoxy groups -OCH3 is 1. The first-order chi connectivity index (χ1) is 11.0. The van der Waals surface area contributed by atoms with Gasteiger partial charge < -0.3 is 10.1 Å². The first-order valence-corrected chi connectivity index (χ1v) is 7.53. The summed E-state index contributed by atoms with van der Waals surface area (Å²) in [7, 11) is 1.62. The number of rotatable bonds is 6. The van der Waals surface area contributed by atoms with Crippen LogP contribution in [0.3, 0.4) is 0 Å². The van der Waals surface area contributed by atoms with Gasteiger partial charge in [-0.05, 0) is 25.5 Å². The average Bonchev–Trinajstić information content (AvgIpc) is 2.55. The second-order valence-electron chi connectivity index (χ2n) is 5.46. The number of carbonyl (C=O) groups excluding carboxylic acids is 2. The molecule has 0 aromatic heterocycles. The smallest absolute Gasteiger partial charge is 0.224 e. The highest BCUT2D eigenvalue weighted by Gasteiger charge is 2.14. The standard InChI is InChI=1S/C19H21NO3/c1-13(17-6-4-5-7-18(17)23-3)20-19(22)12-15-8-10-16(11-9-15)14(2)21/h4-11,13H,12H2,1-3H3,(H,20,22). The summed E-state index contributed by atoms with van der Waals surface area (Å²) in [6, 6.07) is 14.6. The average molecular weight is 311 g/mol. The summed E-state index contributed by atoms with van der Waals surface area (Å²) in [4.78, 5) is 23.4. The number of Topliss-reactive ketones (excluding diaryl/α,β-unsaturated/α-hetero) is 1. The van der Waals surface area contributed by atoms with E-state index in [1.54, 1.807) is 19.2 Å². The summed E-state index contributed by atoms with van der Waals surface area (Å²) in [5.41, 5.74) is 2.46. The van der Waals surface area contributed by atoms with E-state index in [0.717, 1.165) is 16.9 Å². The predicted octanol–water partition coefficient (Wildman–Crippen LogP) is 3.32. The highest BCUT2D eigenvalue weighted by molar-refractivity contribution is 5.94. The van der Waals surface area contributed by atoms with Crippen molar-refractivity contribution in [3.8, 4) is 5.75 Å². The summed E-state index contributed by atoms with van der Waals surface area (Å²) in [5.74, 6) is 0.705. The molecule has 1 atom stereocenters. The maximum atomic E-state index is 12.2. The van der Waals surface area contributed by atoms with E-state index in [0.29, 0.717) is 5.56 Å². The number of ketones is 1. The van der Waals surface area contributed by atoms with Gasteiger partial charge in [-0.1, -0.05) is 42.5 Å². The number of nitrogens with one attached hydrogen (secondary N) is 1. The first kappa shape index (κ1) is 16.7. The van der Waals surface area contributed by atoms with Gasteiger partial charge in [0.15, 0.2) is 5.78 Å². The van der Waals surface area contributed by atoms with Crippen molar-refractivity contribution in [2.45, 2.75) is 26.3 Å². The van der Waals surface area contributed by atoms with Crippen molar-refractivity contribution in [1.29, 1.82) is 0 Å². The zero-order valence-electron chi connectivity index (χ0n) is 13.6. The number of carbonyl (C=O) groups is 2. The van der Waals surface area contributed by atoms with Gasteiger partial charge in [0.2, 0.25) is 5.91 Å². The van der Waals surface area contributed by atoms with Gasteiger partial charge in [0.05, 0.1) is 19.6 Å². The Morgan fingerprint density at radius 2 is 1.74 bits per heavy atom. The van der Waals surface area contributed by atoms with Crippen molar-refractivity contribution in [3.63, 3.8) is 0 Å². The molecule has 1 amide bonds. The maximum Gasteiger partial charge on any atom is 0.224 e. The Morgan fingerprint density at radius 1 is 1.09 bits per heavy atom. The molecule has 1 unspecified atom stereocenters. The highest BCUT2D eigenvalue weighted by atomic mass is 16.5. The van der Waals surface area contributed by atoms with Crippen LogP contribution in [0.2, 0.25) is 0 Å². The molecule has 0 aliphatic carbocycles. The fourth-order valence-corrected chi connectivity index (χ4v) is 2.44. The van der Waals surface area contributed by atoms with Crippen LogP contribution in [0.5, 0.6) is 5.75 Å². The summed E-state index contributed by atoms with van der Waals surface area (Å²) < 4.78 is 5.32. The van der Waals surface area contributed by atoms with Crippen LogP contribution in [0.25, 0.3) is 0 Å². The Balaban J connectivity index is 2.00. The molecule has 2 rings (SSSR count). The number of para-hydroxylation sites is 1. The van der Waals surface area contributed by atoms with Crippen molar-refractivity contribution >= 4 is 11.7 Å². The molecule has 0 fully saturated rings. The van der Waals surface area contributed by atoms with Gasteiger partial charge in [0, 0.05) is 11.1 Å². The molecule has 0 heterocycles. The topological polar surface area (TPSA) is 55.4 Å². The lowest BCUT2D eigenvalue weighted by Gasteiger charge is -2.17. The molecule has 1 N–H and O–H groups in total. The molecule has 0 saturated carbocycles. The highest BCUT2D eigenvalue weighted by Crippen LogP contribution is 2.24. The van der Waals surface area contributed by atoms with Gasteiger partial charge in [0.1, 0.15) is 5.75 Å². The molecule has 0 saturated heterocycles. The zero-order chi connectivity index (χ0) is 16.8. The Labute approximate surface area is 136 Å². The fourth-order valence-electron chi connectivity index (χ4n) is 2.44. The van der Waals surface area contributed by atoms with Crippen LogP contribution < -0.4 is 10.1 Å². The normalized spacial score (nSPS) is 11.6. The molecular formula is C19H21NO3. The molecule has 0 radical (unpaired) electrons. The summed E-state index contributed by atoms with van der Waals surface area (Å²) in [6.07, 6.45) is 0.275. The Hall–Kier alpha value is -2.62. The molecule has 4 heteroatoms.